The van der Waals surface area contributed by atoms with Crippen LogP contribution >= 0.6 is 0 Å². The lowest BCUT2D eigenvalue weighted by Gasteiger charge is -2.28. The molecule has 1 fully saturated rings. The Bertz CT molecular complexity index is 1370. The Labute approximate surface area is 215 Å². The minimum Gasteiger partial charge on any atom is -0.491 e. The predicted octanol–water partition coefficient (Wildman–Crippen LogP) is 2.86. The standard InChI is InChI=1S/C27H30N8O2/c1-19-22(26(33-34(19)2)27(36)32-21-5-3-9-29-18-21)8-16-37-23-6-4-10-31-25(23)20-7-11-30-24(17-20)35-14-12-28-13-15-35/h3-7,9-11,17-18,28H,8,12-16H2,1-2H3,(H,32,36). The molecule has 37 heavy (non-hydrogen) atoms. The first-order valence-electron chi connectivity index (χ1n) is 12.3. The number of ether oxygens (including phenoxy) is 1. The molecule has 1 aliphatic rings. The number of piperazine rings is 1. The highest BCUT2D eigenvalue weighted by Gasteiger charge is 2.20. The summed E-state index contributed by atoms with van der Waals surface area (Å²) in [5, 5.41) is 10.7. The Kier molecular flexibility index (Phi) is 7.36. The number of rotatable bonds is 8. The Morgan fingerprint density at radius 2 is 1.95 bits per heavy atom. The maximum atomic E-state index is 13.0. The third-order valence-corrected chi connectivity index (χ3v) is 6.43. The summed E-state index contributed by atoms with van der Waals surface area (Å²) >= 11 is 0. The maximum absolute atomic E-state index is 13.0. The first-order chi connectivity index (χ1) is 18.1. The van der Waals surface area contributed by atoms with Crippen molar-refractivity contribution >= 4 is 17.4 Å². The van der Waals surface area contributed by atoms with Crippen molar-refractivity contribution in [1.29, 1.82) is 0 Å². The van der Waals surface area contributed by atoms with Gasteiger partial charge in [0.1, 0.15) is 17.3 Å². The molecule has 1 amide bonds. The normalized spacial score (nSPS) is 13.4. The van der Waals surface area contributed by atoms with Gasteiger partial charge >= 0.3 is 0 Å². The number of nitrogens with zero attached hydrogens (tertiary/aromatic N) is 6. The zero-order valence-electron chi connectivity index (χ0n) is 21.0. The number of carbonyl (C=O) groups is 1. The Hall–Kier alpha value is -4.31. The van der Waals surface area contributed by atoms with Crippen molar-refractivity contribution in [3.05, 3.63) is 78.1 Å². The molecule has 0 aliphatic carbocycles. The third kappa shape index (κ3) is 5.59. The third-order valence-electron chi connectivity index (χ3n) is 6.43. The van der Waals surface area contributed by atoms with Crippen molar-refractivity contribution in [2.75, 3.05) is 43.0 Å². The fourth-order valence-electron chi connectivity index (χ4n) is 4.38. The smallest absolute Gasteiger partial charge is 0.276 e. The van der Waals surface area contributed by atoms with Crippen LogP contribution in [0.2, 0.25) is 0 Å². The van der Waals surface area contributed by atoms with Gasteiger partial charge in [-0.05, 0) is 43.3 Å². The summed E-state index contributed by atoms with van der Waals surface area (Å²) in [4.78, 5) is 28.4. The van der Waals surface area contributed by atoms with Crippen molar-refractivity contribution < 1.29 is 9.53 Å². The van der Waals surface area contributed by atoms with Gasteiger partial charge in [0.2, 0.25) is 0 Å². The average Bonchev–Trinajstić information content (AvgIpc) is 3.23. The lowest BCUT2D eigenvalue weighted by molar-refractivity contribution is 0.102. The number of nitrogens with one attached hydrogen (secondary N) is 2. The van der Waals surface area contributed by atoms with Gasteiger partial charge in [-0.1, -0.05) is 0 Å². The first-order valence-corrected chi connectivity index (χ1v) is 12.3. The van der Waals surface area contributed by atoms with Crippen molar-refractivity contribution in [3.8, 4) is 17.0 Å². The SMILES string of the molecule is Cc1c(CCOc2cccnc2-c2ccnc(N3CCNCC3)c2)c(C(=O)Nc2cccnc2)nn1C. The van der Waals surface area contributed by atoms with Crippen LogP contribution in [-0.4, -0.2) is 63.4 Å². The van der Waals surface area contributed by atoms with E-state index in [0.717, 1.165) is 54.5 Å². The quantitative estimate of drug-likeness (QED) is 0.382. The van der Waals surface area contributed by atoms with Crippen LogP contribution < -0.4 is 20.3 Å². The van der Waals surface area contributed by atoms with Crippen LogP contribution in [0.4, 0.5) is 11.5 Å². The van der Waals surface area contributed by atoms with E-state index >= 15 is 0 Å². The van der Waals surface area contributed by atoms with E-state index in [2.05, 4.69) is 41.7 Å². The van der Waals surface area contributed by atoms with E-state index in [-0.39, 0.29) is 5.91 Å². The summed E-state index contributed by atoms with van der Waals surface area (Å²) in [5.74, 6) is 1.35. The summed E-state index contributed by atoms with van der Waals surface area (Å²) in [6.07, 6.45) is 7.36. The molecule has 10 heteroatoms. The van der Waals surface area contributed by atoms with Crippen molar-refractivity contribution in [2.24, 2.45) is 7.05 Å². The molecule has 4 aromatic heterocycles. The largest absolute Gasteiger partial charge is 0.491 e. The molecule has 0 spiro atoms. The van der Waals surface area contributed by atoms with Crippen LogP contribution in [0, 0.1) is 6.92 Å². The van der Waals surface area contributed by atoms with E-state index in [1.54, 1.807) is 35.4 Å². The van der Waals surface area contributed by atoms with Crippen LogP contribution in [0.1, 0.15) is 21.7 Å². The highest BCUT2D eigenvalue weighted by atomic mass is 16.5. The number of anilines is 2. The summed E-state index contributed by atoms with van der Waals surface area (Å²) in [6, 6.07) is 11.4. The molecular weight excluding hydrogens is 468 g/mol. The molecule has 1 saturated heterocycles. The maximum Gasteiger partial charge on any atom is 0.276 e. The molecule has 0 bridgehead atoms. The van der Waals surface area contributed by atoms with Crippen molar-refractivity contribution in [2.45, 2.75) is 13.3 Å². The molecule has 0 aromatic carbocycles. The number of pyridine rings is 3. The van der Waals surface area contributed by atoms with Gasteiger partial charge in [0.15, 0.2) is 5.69 Å². The Morgan fingerprint density at radius 1 is 1.11 bits per heavy atom. The van der Waals surface area contributed by atoms with Gasteiger partial charge in [0, 0.05) is 75.1 Å². The lowest BCUT2D eigenvalue weighted by atomic mass is 10.1. The second-order valence-electron chi connectivity index (χ2n) is 8.82. The van der Waals surface area contributed by atoms with Gasteiger partial charge < -0.3 is 20.3 Å². The van der Waals surface area contributed by atoms with Crippen molar-refractivity contribution in [3.63, 3.8) is 0 Å². The molecule has 10 nitrogen and oxygen atoms in total. The van der Waals surface area contributed by atoms with E-state index in [1.165, 1.54) is 0 Å². The van der Waals surface area contributed by atoms with Crippen LogP contribution in [0.5, 0.6) is 5.75 Å². The van der Waals surface area contributed by atoms with E-state index in [0.29, 0.717) is 30.2 Å². The molecule has 0 saturated carbocycles. The summed E-state index contributed by atoms with van der Waals surface area (Å²) in [7, 11) is 1.83. The van der Waals surface area contributed by atoms with E-state index in [9.17, 15) is 4.79 Å². The highest BCUT2D eigenvalue weighted by Crippen LogP contribution is 2.30. The average molecular weight is 499 g/mol. The topological polar surface area (TPSA) is 110 Å². The van der Waals surface area contributed by atoms with Crippen LogP contribution in [0.15, 0.2) is 61.2 Å². The number of carbonyl (C=O) groups excluding carboxylic acids is 1. The zero-order chi connectivity index (χ0) is 25.6. The molecule has 0 atom stereocenters. The van der Waals surface area contributed by atoms with Gasteiger partial charge in [0.25, 0.3) is 5.91 Å². The highest BCUT2D eigenvalue weighted by molar-refractivity contribution is 6.04. The summed E-state index contributed by atoms with van der Waals surface area (Å²) < 4.78 is 7.93. The fraction of sp³-hybridized carbons (Fsp3) is 0.296. The van der Waals surface area contributed by atoms with Crippen LogP contribution in [-0.2, 0) is 13.5 Å². The number of hydrogen-bond donors (Lipinski definition) is 2. The van der Waals surface area contributed by atoms with Crippen molar-refractivity contribution in [1.82, 2.24) is 30.0 Å². The van der Waals surface area contributed by atoms with Gasteiger partial charge in [0.05, 0.1) is 18.5 Å². The predicted molar refractivity (Wildman–Crippen MR) is 142 cm³/mol. The molecule has 0 radical (unpaired) electrons. The summed E-state index contributed by atoms with van der Waals surface area (Å²) in [6.45, 7) is 6.05. The Balaban J connectivity index is 1.31. The van der Waals surface area contributed by atoms with E-state index in [1.807, 2.05) is 38.4 Å². The molecule has 2 N–H and O–H groups in total. The minimum atomic E-state index is -0.272. The first kappa shape index (κ1) is 24.4. The number of aryl methyl sites for hydroxylation is 1. The molecule has 0 unspecified atom stereocenters. The van der Waals surface area contributed by atoms with Gasteiger partial charge in [-0.15, -0.1) is 0 Å². The second-order valence-corrected chi connectivity index (χ2v) is 8.82. The number of hydrogen-bond acceptors (Lipinski definition) is 8. The van der Waals surface area contributed by atoms with E-state index < -0.39 is 0 Å². The Morgan fingerprint density at radius 3 is 2.76 bits per heavy atom. The molecule has 4 aromatic rings. The van der Waals surface area contributed by atoms with Gasteiger partial charge in [-0.3, -0.25) is 19.4 Å². The fourth-order valence-corrected chi connectivity index (χ4v) is 4.38. The van der Waals surface area contributed by atoms with Gasteiger partial charge in [-0.25, -0.2) is 4.98 Å². The zero-order valence-corrected chi connectivity index (χ0v) is 21.0. The minimum absolute atomic E-state index is 0.272. The monoisotopic (exact) mass is 498 g/mol. The van der Waals surface area contributed by atoms with E-state index in [4.69, 9.17) is 4.74 Å². The molecule has 5 heterocycles. The van der Waals surface area contributed by atoms with Gasteiger partial charge in [-0.2, -0.15) is 5.10 Å². The summed E-state index contributed by atoms with van der Waals surface area (Å²) in [5.41, 5.74) is 4.48. The van der Waals surface area contributed by atoms with Crippen LogP contribution in [0.25, 0.3) is 11.3 Å². The molecule has 1 aliphatic heterocycles. The lowest BCUT2D eigenvalue weighted by Crippen LogP contribution is -2.43. The second kappa shape index (κ2) is 11.2. The van der Waals surface area contributed by atoms with Crippen LogP contribution in [0.3, 0.4) is 0 Å². The molecule has 190 valence electrons. The molecular formula is C27H30N8O2. The number of aromatic nitrogens is 5. The molecule has 5 rings (SSSR count). The number of amides is 1.